The summed E-state index contributed by atoms with van der Waals surface area (Å²) in [6.07, 6.45) is 1.59. The first kappa shape index (κ1) is 12.1. The van der Waals surface area contributed by atoms with Gasteiger partial charge in [0.05, 0.1) is 5.02 Å². The standard InChI is InChI=1S/C11H5Cl2FIN/c12-6-1-2-8(9(13)3-6)11-10(14)4-7(15)5-16-11/h1-5H. The Balaban J connectivity index is 2.59. The minimum absolute atomic E-state index is 0.238. The number of benzene rings is 1. The summed E-state index contributed by atoms with van der Waals surface area (Å²) < 4.78 is 14.4. The molecule has 1 aromatic carbocycles. The second kappa shape index (κ2) is 4.85. The lowest BCUT2D eigenvalue weighted by Crippen LogP contribution is -1.91. The smallest absolute Gasteiger partial charge is 0.150 e. The summed E-state index contributed by atoms with van der Waals surface area (Å²) in [7, 11) is 0. The lowest BCUT2D eigenvalue weighted by Gasteiger charge is -2.05. The Labute approximate surface area is 116 Å². The molecule has 0 amide bonds. The van der Waals surface area contributed by atoms with Crippen LogP contribution < -0.4 is 0 Å². The highest BCUT2D eigenvalue weighted by molar-refractivity contribution is 14.1. The van der Waals surface area contributed by atoms with Gasteiger partial charge in [0.1, 0.15) is 5.69 Å². The molecule has 0 bridgehead atoms. The number of aromatic nitrogens is 1. The van der Waals surface area contributed by atoms with E-state index < -0.39 is 5.82 Å². The topological polar surface area (TPSA) is 12.9 Å². The average Bonchev–Trinajstić information content (AvgIpc) is 2.19. The minimum atomic E-state index is -0.392. The number of pyridine rings is 1. The van der Waals surface area contributed by atoms with E-state index in [2.05, 4.69) is 4.98 Å². The lowest BCUT2D eigenvalue weighted by atomic mass is 10.1. The van der Waals surface area contributed by atoms with Crippen LogP contribution in [0.5, 0.6) is 0 Å². The number of nitrogens with zero attached hydrogens (tertiary/aromatic N) is 1. The summed E-state index contributed by atoms with van der Waals surface area (Å²) >= 11 is 13.8. The molecular formula is C11H5Cl2FIN. The highest BCUT2D eigenvalue weighted by Gasteiger charge is 2.11. The zero-order valence-corrected chi connectivity index (χ0v) is 11.5. The number of rotatable bonds is 1. The van der Waals surface area contributed by atoms with Crippen LogP contribution in [0.1, 0.15) is 0 Å². The van der Waals surface area contributed by atoms with Crippen molar-refractivity contribution in [1.82, 2.24) is 4.98 Å². The number of halogens is 4. The van der Waals surface area contributed by atoms with E-state index in [0.717, 1.165) is 3.57 Å². The molecule has 0 aliphatic carbocycles. The summed E-state index contributed by atoms with van der Waals surface area (Å²) in [6, 6.07) is 6.29. The van der Waals surface area contributed by atoms with E-state index in [0.29, 0.717) is 15.6 Å². The Morgan fingerprint density at radius 1 is 1.19 bits per heavy atom. The van der Waals surface area contributed by atoms with Crippen molar-refractivity contribution in [2.45, 2.75) is 0 Å². The zero-order chi connectivity index (χ0) is 11.7. The van der Waals surface area contributed by atoms with Gasteiger partial charge in [0.2, 0.25) is 0 Å². The number of hydrogen-bond donors (Lipinski definition) is 0. The average molecular weight is 368 g/mol. The van der Waals surface area contributed by atoms with Crippen LogP contribution in [-0.4, -0.2) is 4.98 Å². The van der Waals surface area contributed by atoms with E-state index in [4.69, 9.17) is 23.2 Å². The quantitative estimate of drug-likeness (QED) is 0.660. The highest BCUT2D eigenvalue weighted by Crippen LogP contribution is 2.30. The molecule has 0 saturated heterocycles. The van der Waals surface area contributed by atoms with Crippen LogP contribution in [0, 0.1) is 9.39 Å². The SMILES string of the molecule is Fc1cc(I)cnc1-c1ccc(Cl)cc1Cl. The molecule has 1 heterocycles. The lowest BCUT2D eigenvalue weighted by molar-refractivity contribution is 0.624. The van der Waals surface area contributed by atoms with Crippen LogP contribution >= 0.6 is 45.8 Å². The molecule has 1 aromatic heterocycles. The normalized spacial score (nSPS) is 10.5. The van der Waals surface area contributed by atoms with Crippen molar-refractivity contribution in [1.29, 1.82) is 0 Å². The van der Waals surface area contributed by atoms with Crippen molar-refractivity contribution in [2.75, 3.05) is 0 Å². The molecule has 5 heteroatoms. The summed E-state index contributed by atoms with van der Waals surface area (Å²) in [5.41, 5.74) is 0.780. The molecular weight excluding hydrogens is 363 g/mol. The molecule has 0 aliphatic rings. The molecule has 0 unspecified atom stereocenters. The Morgan fingerprint density at radius 3 is 2.56 bits per heavy atom. The van der Waals surface area contributed by atoms with Gasteiger partial charge in [-0.15, -0.1) is 0 Å². The van der Waals surface area contributed by atoms with Gasteiger partial charge in [-0.25, -0.2) is 4.39 Å². The first-order valence-electron chi connectivity index (χ1n) is 4.34. The monoisotopic (exact) mass is 367 g/mol. The zero-order valence-electron chi connectivity index (χ0n) is 7.85. The first-order valence-corrected chi connectivity index (χ1v) is 6.18. The molecule has 0 aliphatic heterocycles. The fourth-order valence-corrected chi connectivity index (χ4v) is 2.20. The Morgan fingerprint density at radius 2 is 1.94 bits per heavy atom. The molecule has 0 saturated carbocycles. The second-order valence-corrected chi connectivity index (χ2v) is 5.20. The largest absolute Gasteiger partial charge is 0.252 e. The van der Waals surface area contributed by atoms with E-state index in [9.17, 15) is 4.39 Å². The van der Waals surface area contributed by atoms with Gasteiger partial charge in [-0.05, 0) is 46.9 Å². The molecule has 1 nitrogen and oxygen atoms in total. The third-order valence-corrected chi connectivity index (χ3v) is 3.13. The molecule has 0 spiro atoms. The maximum atomic E-state index is 13.7. The fraction of sp³-hybridized carbons (Fsp3) is 0. The Kier molecular flexibility index (Phi) is 3.66. The van der Waals surface area contributed by atoms with Crippen molar-refractivity contribution < 1.29 is 4.39 Å². The molecule has 16 heavy (non-hydrogen) atoms. The number of hydrogen-bond acceptors (Lipinski definition) is 1. The van der Waals surface area contributed by atoms with Crippen molar-refractivity contribution in [2.24, 2.45) is 0 Å². The highest BCUT2D eigenvalue weighted by atomic mass is 127. The molecule has 2 aromatic rings. The van der Waals surface area contributed by atoms with Gasteiger partial charge in [0.25, 0.3) is 0 Å². The molecule has 0 atom stereocenters. The van der Waals surface area contributed by atoms with Crippen LogP contribution in [0.25, 0.3) is 11.3 Å². The summed E-state index contributed by atoms with van der Waals surface area (Å²) in [5.74, 6) is -0.392. The van der Waals surface area contributed by atoms with Gasteiger partial charge in [-0.2, -0.15) is 0 Å². The van der Waals surface area contributed by atoms with E-state index in [1.54, 1.807) is 24.4 Å². The maximum absolute atomic E-state index is 13.7. The van der Waals surface area contributed by atoms with Gasteiger partial charge in [-0.3, -0.25) is 4.98 Å². The van der Waals surface area contributed by atoms with Crippen LogP contribution in [-0.2, 0) is 0 Å². The predicted molar refractivity (Wildman–Crippen MR) is 72.4 cm³/mol. The van der Waals surface area contributed by atoms with E-state index in [-0.39, 0.29) is 5.69 Å². The van der Waals surface area contributed by atoms with Crippen LogP contribution in [0.4, 0.5) is 4.39 Å². The predicted octanol–water partition coefficient (Wildman–Crippen LogP) is 4.80. The van der Waals surface area contributed by atoms with Gasteiger partial charge in [0, 0.05) is 20.4 Å². The van der Waals surface area contributed by atoms with Gasteiger partial charge < -0.3 is 0 Å². The third kappa shape index (κ3) is 2.47. The van der Waals surface area contributed by atoms with Crippen LogP contribution in [0.2, 0.25) is 10.0 Å². The Bertz CT molecular complexity index is 496. The van der Waals surface area contributed by atoms with Crippen molar-refractivity contribution in [3.8, 4) is 11.3 Å². The minimum Gasteiger partial charge on any atom is -0.252 e. The Hall–Kier alpha value is -0.390. The fourth-order valence-electron chi connectivity index (χ4n) is 1.29. The van der Waals surface area contributed by atoms with E-state index in [1.165, 1.54) is 6.07 Å². The van der Waals surface area contributed by atoms with Gasteiger partial charge in [0.15, 0.2) is 5.82 Å². The molecule has 82 valence electrons. The second-order valence-electron chi connectivity index (χ2n) is 3.11. The molecule has 0 radical (unpaired) electrons. The third-order valence-electron chi connectivity index (χ3n) is 1.99. The van der Waals surface area contributed by atoms with E-state index in [1.807, 2.05) is 22.6 Å². The van der Waals surface area contributed by atoms with Crippen molar-refractivity contribution in [3.63, 3.8) is 0 Å². The van der Waals surface area contributed by atoms with Crippen LogP contribution in [0.3, 0.4) is 0 Å². The summed E-state index contributed by atoms with van der Waals surface area (Å²) in [4.78, 5) is 4.03. The summed E-state index contributed by atoms with van der Waals surface area (Å²) in [6.45, 7) is 0. The van der Waals surface area contributed by atoms with Gasteiger partial charge >= 0.3 is 0 Å². The summed E-state index contributed by atoms with van der Waals surface area (Å²) in [5, 5.41) is 0.903. The van der Waals surface area contributed by atoms with Crippen LogP contribution in [0.15, 0.2) is 30.5 Å². The van der Waals surface area contributed by atoms with Crippen molar-refractivity contribution >= 4 is 45.8 Å². The molecule has 2 rings (SSSR count). The molecule has 0 fully saturated rings. The van der Waals surface area contributed by atoms with E-state index >= 15 is 0 Å². The maximum Gasteiger partial charge on any atom is 0.150 e. The first-order chi connectivity index (χ1) is 7.58. The van der Waals surface area contributed by atoms with Crippen molar-refractivity contribution in [3.05, 3.63) is 49.9 Å². The van der Waals surface area contributed by atoms with Gasteiger partial charge in [-0.1, -0.05) is 23.2 Å². The molecule has 0 N–H and O–H groups in total.